The second kappa shape index (κ2) is 6.29. The van der Waals surface area contributed by atoms with Crippen molar-refractivity contribution in [2.45, 2.75) is 18.5 Å². The molecule has 5 nitrogen and oxygen atoms in total. The molecule has 0 bridgehead atoms. The SMILES string of the molecule is O=C1CC(c2cccc(C(F)(F)F)c2)c2ccc(N3CCNC3=O)cc2N1. The molecule has 27 heavy (non-hydrogen) atoms. The van der Waals surface area contributed by atoms with Crippen molar-refractivity contribution in [1.82, 2.24) is 5.32 Å². The van der Waals surface area contributed by atoms with E-state index < -0.39 is 17.7 Å². The molecular formula is C19H16F3N3O2. The van der Waals surface area contributed by atoms with Gasteiger partial charge in [0.1, 0.15) is 0 Å². The number of nitrogens with one attached hydrogen (secondary N) is 2. The van der Waals surface area contributed by atoms with Gasteiger partial charge in [-0.25, -0.2) is 4.79 Å². The van der Waals surface area contributed by atoms with Gasteiger partial charge in [0.25, 0.3) is 0 Å². The third-order valence-electron chi connectivity index (χ3n) is 4.86. The minimum absolute atomic E-state index is 0.0673. The number of carbonyl (C=O) groups excluding carboxylic acids is 2. The van der Waals surface area contributed by atoms with Gasteiger partial charge in [-0.05, 0) is 29.3 Å². The van der Waals surface area contributed by atoms with Crippen LogP contribution in [0.15, 0.2) is 42.5 Å². The normalized spacial score (nSPS) is 19.5. The summed E-state index contributed by atoms with van der Waals surface area (Å²) in [5, 5.41) is 5.47. The van der Waals surface area contributed by atoms with Crippen LogP contribution in [-0.4, -0.2) is 25.0 Å². The molecule has 0 aliphatic carbocycles. The summed E-state index contributed by atoms with van der Waals surface area (Å²) in [6, 6.07) is 10.1. The minimum Gasteiger partial charge on any atom is -0.336 e. The topological polar surface area (TPSA) is 61.4 Å². The van der Waals surface area contributed by atoms with Crippen LogP contribution in [0.3, 0.4) is 0 Å². The first-order chi connectivity index (χ1) is 12.8. The van der Waals surface area contributed by atoms with E-state index in [0.29, 0.717) is 30.0 Å². The zero-order chi connectivity index (χ0) is 19.2. The number of carbonyl (C=O) groups is 2. The summed E-state index contributed by atoms with van der Waals surface area (Å²) < 4.78 is 39.1. The van der Waals surface area contributed by atoms with Crippen LogP contribution in [0.5, 0.6) is 0 Å². The second-order valence-corrected chi connectivity index (χ2v) is 6.58. The zero-order valence-electron chi connectivity index (χ0n) is 14.1. The molecule has 0 radical (unpaired) electrons. The van der Waals surface area contributed by atoms with Crippen LogP contribution >= 0.6 is 0 Å². The van der Waals surface area contributed by atoms with Gasteiger partial charge in [-0.3, -0.25) is 9.69 Å². The zero-order valence-corrected chi connectivity index (χ0v) is 14.1. The lowest BCUT2D eigenvalue weighted by atomic mass is 9.84. The Balaban J connectivity index is 1.73. The van der Waals surface area contributed by atoms with E-state index in [4.69, 9.17) is 0 Å². The number of amides is 3. The number of halogens is 3. The highest BCUT2D eigenvalue weighted by Crippen LogP contribution is 2.40. The summed E-state index contributed by atoms with van der Waals surface area (Å²) in [6.07, 6.45) is -4.37. The monoisotopic (exact) mass is 375 g/mol. The average molecular weight is 375 g/mol. The van der Waals surface area contributed by atoms with E-state index >= 15 is 0 Å². The second-order valence-electron chi connectivity index (χ2n) is 6.58. The molecule has 3 amide bonds. The highest BCUT2D eigenvalue weighted by Gasteiger charge is 2.33. The van der Waals surface area contributed by atoms with E-state index in [1.54, 1.807) is 29.2 Å². The van der Waals surface area contributed by atoms with Gasteiger partial charge in [-0.15, -0.1) is 0 Å². The quantitative estimate of drug-likeness (QED) is 0.841. The third-order valence-corrected chi connectivity index (χ3v) is 4.86. The molecule has 1 saturated heterocycles. The fourth-order valence-corrected chi connectivity index (χ4v) is 3.57. The Morgan fingerprint density at radius 2 is 1.89 bits per heavy atom. The lowest BCUT2D eigenvalue weighted by Gasteiger charge is -2.28. The van der Waals surface area contributed by atoms with Gasteiger partial charge in [-0.1, -0.05) is 24.3 Å². The highest BCUT2D eigenvalue weighted by atomic mass is 19.4. The van der Waals surface area contributed by atoms with Crippen LogP contribution in [0.4, 0.5) is 29.3 Å². The average Bonchev–Trinajstić information content (AvgIpc) is 3.06. The molecule has 0 saturated carbocycles. The van der Waals surface area contributed by atoms with Crippen molar-refractivity contribution < 1.29 is 22.8 Å². The molecule has 0 aromatic heterocycles. The fraction of sp³-hybridized carbons (Fsp3) is 0.263. The molecule has 8 heteroatoms. The van der Waals surface area contributed by atoms with Gasteiger partial charge in [0.05, 0.1) is 5.56 Å². The first kappa shape index (κ1) is 17.4. The van der Waals surface area contributed by atoms with Gasteiger partial charge in [-0.2, -0.15) is 13.2 Å². The highest BCUT2D eigenvalue weighted by molar-refractivity contribution is 5.98. The molecule has 2 heterocycles. The number of anilines is 2. The number of fused-ring (bicyclic) bond motifs is 1. The molecule has 2 aromatic carbocycles. The summed E-state index contributed by atoms with van der Waals surface area (Å²) in [6.45, 7) is 1.05. The molecule has 2 aliphatic heterocycles. The van der Waals surface area contributed by atoms with Crippen molar-refractivity contribution in [3.8, 4) is 0 Å². The van der Waals surface area contributed by atoms with E-state index in [9.17, 15) is 22.8 Å². The summed E-state index contributed by atoms with van der Waals surface area (Å²) in [7, 11) is 0. The molecule has 2 aliphatic rings. The molecular weight excluding hydrogens is 359 g/mol. The van der Waals surface area contributed by atoms with Crippen molar-refractivity contribution >= 4 is 23.3 Å². The molecule has 2 N–H and O–H groups in total. The number of nitrogens with zero attached hydrogens (tertiary/aromatic N) is 1. The van der Waals surface area contributed by atoms with Crippen LogP contribution in [0.1, 0.15) is 29.0 Å². The van der Waals surface area contributed by atoms with Crippen LogP contribution in [-0.2, 0) is 11.0 Å². The Hall–Kier alpha value is -3.03. The van der Waals surface area contributed by atoms with E-state index in [1.165, 1.54) is 6.07 Å². The standard InChI is InChI=1S/C19H16F3N3O2/c20-19(21,22)12-3-1-2-11(8-12)15-10-17(26)24-16-9-13(4-5-14(15)16)25-7-6-23-18(25)27/h1-5,8-9,15H,6-7,10H2,(H,23,27)(H,24,26). The van der Waals surface area contributed by atoms with Gasteiger partial charge >= 0.3 is 12.2 Å². The number of hydrogen-bond donors (Lipinski definition) is 2. The Labute approximate surface area is 153 Å². The fourth-order valence-electron chi connectivity index (χ4n) is 3.57. The molecule has 1 atom stereocenters. The van der Waals surface area contributed by atoms with Crippen LogP contribution in [0.2, 0.25) is 0 Å². The van der Waals surface area contributed by atoms with Gasteiger partial charge in [0, 0.05) is 36.8 Å². The Kier molecular flexibility index (Phi) is 4.05. The third kappa shape index (κ3) is 3.22. The van der Waals surface area contributed by atoms with Crippen LogP contribution in [0, 0.1) is 0 Å². The van der Waals surface area contributed by atoms with E-state index in [0.717, 1.165) is 17.7 Å². The van der Waals surface area contributed by atoms with E-state index in [2.05, 4.69) is 10.6 Å². The van der Waals surface area contributed by atoms with Crippen molar-refractivity contribution in [2.24, 2.45) is 0 Å². The maximum absolute atomic E-state index is 13.0. The minimum atomic E-state index is -4.44. The van der Waals surface area contributed by atoms with E-state index in [1.807, 2.05) is 0 Å². The van der Waals surface area contributed by atoms with Crippen molar-refractivity contribution in [3.63, 3.8) is 0 Å². The lowest BCUT2D eigenvalue weighted by molar-refractivity contribution is -0.137. The molecule has 1 fully saturated rings. The number of benzene rings is 2. The summed E-state index contributed by atoms with van der Waals surface area (Å²) >= 11 is 0. The molecule has 140 valence electrons. The smallest absolute Gasteiger partial charge is 0.336 e. The van der Waals surface area contributed by atoms with Crippen molar-refractivity contribution in [2.75, 3.05) is 23.3 Å². The summed E-state index contributed by atoms with van der Waals surface area (Å²) in [4.78, 5) is 25.6. The number of alkyl halides is 3. The largest absolute Gasteiger partial charge is 0.416 e. The number of urea groups is 1. The Morgan fingerprint density at radius 1 is 1.07 bits per heavy atom. The van der Waals surface area contributed by atoms with Crippen LogP contribution in [0.25, 0.3) is 0 Å². The van der Waals surface area contributed by atoms with Crippen LogP contribution < -0.4 is 15.5 Å². The predicted octanol–water partition coefficient (Wildman–Crippen LogP) is 3.71. The molecule has 4 rings (SSSR count). The maximum atomic E-state index is 13.0. The van der Waals surface area contributed by atoms with Gasteiger partial charge in [0.15, 0.2) is 0 Å². The van der Waals surface area contributed by atoms with Gasteiger partial charge in [0.2, 0.25) is 5.91 Å². The lowest BCUT2D eigenvalue weighted by Crippen LogP contribution is -2.28. The molecule has 1 unspecified atom stereocenters. The Bertz CT molecular complexity index is 927. The van der Waals surface area contributed by atoms with Crippen molar-refractivity contribution in [3.05, 3.63) is 59.2 Å². The number of rotatable bonds is 2. The summed E-state index contributed by atoms with van der Waals surface area (Å²) in [5.41, 5.74) is 1.59. The van der Waals surface area contributed by atoms with E-state index in [-0.39, 0.29) is 18.4 Å². The predicted molar refractivity (Wildman–Crippen MR) is 93.7 cm³/mol. The first-order valence-corrected chi connectivity index (χ1v) is 8.49. The first-order valence-electron chi connectivity index (χ1n) is 8.49. The molecule has 0 spiro atoms. The van der Waals surface area contributed by atoms with Gasteiger partial charge < -0.3 is 10.6 Å². The Morgan fingerprint density at radius 3 is 2.59 bits per heavy atom. The number of hydrogen-bond acceptors (Lipinski definition) is 2. The summed E-state index contributed by atoms with van der Waals surface area (Å²) in [5.74, 6) is -0.745. The maximum Gasteiger partial charge on any atom is 0.416 e. The molecule has 2 aromatic rings. The van der Waals surface area contributed by atoms with Crippen molar-refractivity contribution in [1.29, 1.82) is 0 Å².